The van der Waals surface area contributed by atoms with Crippen molar-refractivity contribution in [3.05, 3.63) is 53.6 Å². The second-order valence-corrected chi connectivity index (χ2v) is 6.73. The molecule has 0 bridgehead atoms. The van der Waals surface area contributed by atoms with Crippen LogP contribution in [0.5, 0.6) is 17.2 Å². The summed E-state index contributed by atoms with van der Waals surface area (Å²) in [5.74, 6) is 2.12. The number of ether oxygens (including phenoxy) is 4. The lowest BCUT2D eigenvalue weighted by Crippen LogP contribution is -2.42. The minimum Gasteiger partial charge on any atom is -0.489 e. The molecule has 0 aromatic heterocycles. The van der Waals surface area contributed by atoms with Crippen LogP contribution < -0.4 is 19.6 Å². The SMILES string of the molecule is O=C(CN1CCOCC1)N/N=C/c1ccc(OCc2ccc3c(c2)OCO3)cc1. The maximum atomic E-state index is 11.9. The number of nitrogens with one attached hydrogen (secondary N) is 1. The van der Waals surface area contributed by atoms with E-state index in [0.29, 0.717) is 26.4 Å². The van der Waals surface area contributed by atoms with Crippen LogP contribution >= 0.6 is 0 Å². The largest absolute Gasteiger partial charge is 0.489 e. The lowest BCUT2D eigenvalue weighted by atomic mass is 10.2. The normalized spacial score (nSPS) is 16.1. The van der Waals surface area contributed by atoms with Crippen molar-refractivity contribution in [2.24, 2.45) is 5.10 Å². The molecule has 1 fully saturated rings. The van der Waals surface area contributed by atoms with Gasteiger partial charge in [0.15, 0.2) is 11.5 Å². The number of morpholine rings is 1. The van der Waals surface area contributed by atoms with Crippen molar-refractivity contribution in [2.75, 3.05) is 39.6 Å². The highest BCUT2D eigenvalue weighted by Gasteiger charge is 2.14. The first-order valence-electron chi connectivity index (χ1n) is 9.50. The maximum absolute atomic E-state index is 11.9. The second kappa shape index (κ2) is 9.40. The molecule has 2 aromatic rings. The minimum atomic E-state index is -0.133. The van der Waals surface area contributed by atoms with Crippen molar-refractivity contribution in [3.63, 3.8) is 0 Å². The zero-order valence-electron chi connectivity index (χ0n) is 16.0. The summed E-state index contributed by atoms with van der Waals surface area (Å²) < 4.78 is 21.8. The predicted octanol–water partition coefficient (Wildman–Crippen LogP) is 1.78. The molecule has 152 valence electrons. The van der Waals surface area contributed by atoms with Crippen molar-refractivity contribution >= 4 is 12.1 Å². The van der Waals surface area contributed by atoms with Gasteiger partial charge in [-0.15, -0.1) is 0 Å². The summed E-state index contributed by atoms with van der Waals surface area (Å²) in [4.78, 5) is 13.9. The fourth-order valence-corrected chi connectivity index (χ4v) is 3.02. The number of fused-ring (bicyclic) bond motifs is 1. The van der Waals surface area contributed by atoms with Gasteiger partial charge in [-0.3, -0.25) is 9.69 Å². The summed E-state index contributed by atoms with van der Waals surface area (Å²) >= 11 is 0. The van der Waals surface area contributed by atoms with Crippen LogP contribution in [0.4, 0.5) is 0 Å². The fraction of sp³-hybridized carbons (Fsp3) is 0.333. The molecule has 0 aliphatic carbocycles. The summed E-state index contributed by atoms with van der Waals surface area (Å²) in [7, 11) is 0. The molecular formula is C21H23N3O5. The third kappa shape index (κ3) is 5.46. The highest BCUT2D eigenvalue weighted by Crippen LogP contribution is 2.32. The topological polar surface area (TPSA) is 81.6 Å². The van der Waals surface area contributed by atoms with Crippen molar-refractivity contribution < 1.29 is 23.7 Å². The van der Waals surface area contributed by atoms with E-state index < -0.39 is 0 Å². The molecule has 1 saturated heterocycles. The molecule has 2 heterocycles. The lowest BCUT2D eigenvalue weighted by Gasteiger charge is -2.25. The van der Waals surface area contributed by atoms with Gasteiger partial charge in [0.25, 0.3) is 5.91 Å². The molecule has 2 aliphatic rings. The Morgan fingerprint density at radius 3 is 2.72 bits per heavy atom. The molecule has 0 unspecified atom stereocenters. The van der Waals surface area contributed by atoms with E-state index in [9.17, 15) is 4.79 Å². The summed E-state index contributed by atoms with van der Waals surface area (Å²) in [5, 5.41) is 4.01. The van der Waals surface area contributed by atoms with Crippen LogP contribution in [0, 0.1) is 0 Å². The Balaban J connectivity index is 1.22. The summed E-state index contributed by atoms with van der Waals surface area (Å²) in [6.07, 6.45) is 1.61. The molecule has 8 nitrogen and oxygen atoms in total. The van der Waals surface area contributed by atoms with Gasteiger partial charge in [-0.05, 0) is 47.5 Å². The first kappa shape index (κ1) is 19.2. The summed E-state index contributed by atoms with van der Waals surface area (Å²) in [5.41, 5.74) is 4.43. The maximum Gasteiger partial charge on any atom is 0.254 e. The number of rotatable bonds is 7. The van der Waals surface area contributed by atoms with Crippen LogP contribution in [0.3, 0.4) is 0 Å². The number of hydrogen-bond donors (Lipinski definition) is 1. The van der Waals surface area contributed by atoms with Gasteiger partial charge in [0, 0.05) is 13.1 Å². The van der Waals surface area contributed by atoms with E-state index in [1.165, 1.54) is 0 Å². The Labute approximate surface area is 169 Å². The van der Waals surface area contributed by atoms with E-state index >= 15 is 0 Å². The average Bonchev–Trinajstić information content (AvgIpc) is 3.22. The van der Waals surface area contributed by atoms with Gasteiger partial charge in [0.1, 0.15) is 12.4 Å². The van der Waals surface area contributed by atoms with Crippen LogP contribution in [0.1, 0.15) is 11.1 Å². The molecular weight excluding hydrogens is 374 g/mol. The number of hydrazone groups is 1. The van der Waals surface area contributed by atoms with Gasteiger partial charge in [-0.2, -0.15) is 5.10 Å². The van der Waals surface area contributed by atoms with Crippen molar-refractivity contribution in [3.8, 4) is 17.2 Å². The molecule has 8 heteroatoms. The summed E-state index contributed by atoms with van der Waals surface area (Å²) in [6, 6.07) is 13.2. The van der Waals surface area contributed by atoms with E-state index in [-0.39, 0.29) is 12.7 Å². The Bertz CT molecular complexity index is 863. The third-order valence-electron chi connectivity index (χ3n) is 4.60. The van der Waals surface area contributed by atoms with E-state index in [4.69, 9.17) is 18.9 Å². The monoisotopic (exact) mass is 397 g/mol. The molecule has 0 spiro atoms. The van der Waals surface area contributed by atoms with Crippen LogP contribution in [-0.2, 0) is 16.1 Å². The molecule has 2 aliphatic heterocycles. The summed E-state index contributed by atoms with van der Waals surface area (Å²) in [6.45, 7) is 3.89. The van der Waals surface area contributed by atoms with Crippen molar-refractivity contribution in [2.45, 2.75) is 6.61 Å². The number of amides is 1. The number of nitrogens with zero attached hydrogens (tertiary/aromatic N) is 2. The molecule has 0 atom stereocenters. The Morgan fingerprint density at radius 1 is 1.10 bits per heavy atom. The first-order valence-corrected chi connectivity index (χ1v) is 9.50. The highest BCUT2D eigenvalue weighted by molar-refractivity contribution is 5.83. The van der Waals surface area contributed by atoms with Gasteiger partial charge < -0.3 is 18.9 Å². The van der Waals surface area contributed by atoms with E-state index in [1.54, 1.807) is 6.21 Å². The van der Waals surface area contributed by atoms with Gasteiger partial charge in [0.05, 0.1) is 26.0 Å². The Hall–Kier alpha value is -3.10. The first-order chi connectivity index (χ1) is 14.3. The van der Waals surface area contributed by atoms with E-state index in [0.717, 1.165) is 41.5 Å². The molecule has 2 aromatic carbocycles. The van der Waals surface area contributed by atoms with Crippen molar-refractivity contribution in [1.29, 1.82) is 0 Å². The highest BCUT2D eigenvalue weighted by atomic mass is 16.7. The molecule has 0 saturated carbocycles. The van der Waals surface area contributed by atoms with E-state index in [1.807, 2.05) is 47.4 Å². The van der Waals surface area contributed by atoms with Crippen molar-refractivity contribution in [1.82, 2.24) is 10.3 Å². The number of benzene rings is 2. The van der Waals surface area contributed by atoms with E-state index in [2.05, 4.69) is 10.5 Å². The predicted molar refractivity (Wildman–Crippen MR) is 106 cm³/mol. The quantitative estimate of drug-likeness (QED) is 0.567. The number of carbonyl (C=O) groups is 1. The zero-order valence-corrected chi connectivity index (χ0v) is 16.0. The van der Waals surface area contributed by atoms with Crippen LogP contribution in [0.2, 0.25) is 0 Å². The standard InChI is InChI=1S/C21H23N3O5/c25-21(13-24-7-9-26-10-8-24)23-22-12-16-1-4-18(5-2-16)27-14-17-3-6-19-20(11-17)29-15-28-19/h1-6,11-12H,7-10,13-15H2,(H,23,25)/b22-12+. The van der Waals surface area contributed by atoms with Gasteiger partial charge >= 0.3 is 0 Å². The molecule has 1 amide bonds. The van der Waals surface area contributed by atoms with Gasteiger partial charge in [-0.1, -0.05) is 6.07 Å². The zero-order chi connectivity index (χ0) is 19.9. The number of carbonyl (C=O) groups excluding carboxylic acids is 1. The van der Waals surface area contributed by atoms with Crippen LogP contribution in [0.25, 0.3) is 0 Å². The average molecular weight is 397 g/mol. The van der Waals surface area contributed by atoms with Gasteiger partial charge in [-0.25, -0.2) is 5.43 Å². The van der Waals surface area contributed by atoms with Crippen LogP contribution in [-0.4, -0.2) is 56.7 Å². The molecule has 0 radical (unpaired) electrons. The van der Waals surface area contributed by atoms with Gasteiger partial charge in [0.2, 0.25) is 6.79 Å². The molecule has 29 heavy (non-hydrogen) atoms. The number of hydrogen-bond acceptors (Lipinski definition) is 7. The van der Waals surface area contributed by atoms with Crippen LogP contribution in [0.15, 0.2) is 47.6 Å². The second-order valence-electron chi connectivity index (χ2n) is 6.73. The smallest absolute Gasteiger partial charge is 0.254 e. The molecule has 1 N–H and O–H groups in total. The minimum absolute atomic E-state index is 0.133. The molecule has 4 rings (SSSR count). The Morgan fingerprint density at radius 2 is 1.90 bits per heavy atom. The third-order valence-corrected chi connectivity index (χ3v) is 4.60. The fourth-order valence-electron chi connectivity index (χ4n) is 3.02. The Kier molecular flexibility index (Phi) is 6.23. The lowest BCUT2D eigenvalue weighted by molar-refractivity contribution is -0.123.